The number of nitrogens with one attached hydrogen (secondary N) is 1. The third-order valence-corrected chi connectivity index (χ3v) is 3.15. The highest BCUT2D eigenvalue weighted by molar-refractivity contribution is 5.94. The number of carbonyl (C=O) groups excluding carboxylic acids is 1. The Morgan fingerprint density at radius 2 is 1.33 bits per heavy atom. The summed E-state index contributed by atoms with van der Waals surface area (Å²) in [6.07, 6.45) is -5.66. The van der Waals surface area contributed by atoms with Crippen molar-refractivity contribution in [3.05, 3.63) is 59.7 Å². The number of rotatable bonds is 4. The number of carbonyl (C=O) groups is 1. The first kappa shape index (κ1) is 17.7. The topological polar surface area (TPSA) is 38.3 Å². The first-order valence-corrected chi connectivity index (χ1v) is 6.70. The fourth-order valence-corrected chi connectivity index (χ4v) is 1.85. The van der Waals surface area contributed by atoms with Gasteiger partial charge < -0.3 is 10.1 Å². The highest BCUT2D eigenvalue weighted by atomic mass is 19.4. The molecule has 0 radical (unpaired) electrons. The molecule has 2 aromatic rings. The highest BCUT2D eigenvalue weighted by Gasteiger charge is 2.58. The molecule has 8 heteroatoms. The average molecular weight is 345 g/mol. The minimum absolute atomic E-state index is 0.0874. The molecular weight excluding hydrogens is 333 g/mol. The minimum atomic E-state index is -5.66. The van der Waals surface area contributed by atoms with Gasteiger partial charge in [-0.1, -0.05) is 0 Å². The van der Waals surface area contributed by atoms with E-state index >= 15 is 0 Å². The zero-order valence-corrected chi connectivity index (χ0v) is 12.3. The van der Waals surface area contributed by atoms with E-state index in [-0.39, 0.29) is 11.7 Å². The van der Waals surface area contributed by atoms with Gasteiger partial charge in [0, 0.05) is 18.2 Å². The molecule has 3 nitrogen and oxygen atoms in total. The van der Waals surface area contributed by atoms with Crippen LogP contribution in [-0.4, -0.2) is 19.1 Å². The summed E-state index contributed by atoms with van der Waals surface area (Å²) in [6, 6.07) is 9.26. The molecule has 0 aliphatic carbocycles. The molecule has 1 N–H and O–H groups in total. The molecular formula is C16H12F5NO2. The molecule has 0 aliphatic heterocycles. The Hall–Kier alpha value is -2.64. The molecule has 0 bridgehead atoms. The maximum absolute atomic E-state index is 13.2. The molecule has 0 fully saturated rings. The van der Waals surface area contributed by atoms with E-state index in [1.165, 1.54) is 31.3 Å². The molecule has 0 saturated heterocycles. The normalized spacial score (nSPS) is 11.9. The number of hydrogen-bond donors (Lipinski definition) is 1. The van der Waals surface area contributed by atoms with Gasteiger partial charge in [0.15, 0.2) is 0 Å². The smallest absolute Gasteiger partial charge is 0.457 e. The van der Waals surface area contributed by atoms with Crippen molar-refractivity contribution in [2.45, 2.75) is 12.1 Å². The highest BCUT2D eigenvalue weighted by Crippen LogP contribution is 2.44. The minimum Gasteiger partial charge on any atom is -0.457 e. The van der Waals surface area contributed by atoms with Gasteiger partial charge in [-0.05, 0) is 48.5 Å². The van der Waals surface area contributed by atoms with Gasteiger partial charge in [0.05, 0.1) is 0 Å². The third-order valence-electron chi connectivity index (χ3n) is 3.15. The van der Waals surface area contributed by atoms with E-state index in [1.807, 2.05) is 0 Å². The van der Waals surface area contributed by atoms with Crippen LogP contribution in [0.25, 0.3) is 0 Å². The predicted octanol–water partition coefficient (Wildman–Crippen LogP) is 4.49. The fraction of sp³-hybridized carbons (Fsp3) is 0.188. The lowest BCUT2D eigenvalue weighted by atomic mass is 10.1. The van der Waals surface area contributed by atoms with E-state index in [1.54, 1.807) is 0 Å². The van der Waals surface area contributed by atoms with Crippen molar-refractivity contribution in [1.29, 1.82) is 0 Å². The second kappa shape index (κ2) is 6.46. The summed E-state index contributed by atoms with van der Waals surface area (Å²) in [5.74, 6) is -4.83. The van der Waals surface area contributed by atoms with Crippen LogP contribution in [0.1, 0.15) is 15.9 Å². The molecule has 0 spiro atoms. The number of alkyl halides is 5. The second-order valence-corrected chi connectivity index (χ2v) is 4.80. The van der Waals surface area contributed by atoms with Crippen LogP contribution in [0.5, 0.6) is 11.5 Å². The second-order valence-electron chi connectivity index (χ2n) is 4.80. The zero-order valence-electron chi connectivity index (χ0n) is 12.3. The number of ether oxygens (including phenoxy) is 1. The Labute approximate surface area is 134 Å². The molecule has 24 heavy (non-hydrogen) atoms. The van der Waals surface area contributed by atoms with Crippen molar-refractivity contribution in [1.82, 2.24) is 5.32 Å². The van der Waals surface area contributed by atoms with Gasteiger partial charge in [-0.15, -0.1) is 0 Å². The predicted molar refractivity (Wildman–Crippen MR) is 76.3 cm³/mol. The van der Waals surface area contributed by atoms with Crippen molar-refractivity contribution in [3.63, 3.8) is 0 Å². The Kier molecular flexibility index (Phi) is 4.77. The molecule has 128 valence electrons. The van der Waals surface area contributed by atoms with E-state index in [0.29, 0.717) is 23.4 Å². The van der Waals surface area contributed by atoms with Crippen LogP contribution in [-0.2, 0) is 5.92 Å². The Balaban J connectivity index is 2.13. The Bertz CT molecular complexity index is 709. The number of benzene rings is 2. The fourth-order valence-electron chi connectivity index (χ4n) is 1.85. The van der Waals surface area contributed by atoms with Gasteiger partial charge in [0.1, 0.15) is 11.5 Å². The van der Waals surface area contributed by atoms with Crippen LogP contribution in [0, 0.1) is 0 Å². The molecule has 1 amide bonds. The Morgan fingerprint density at radius 3 is 1.75 bits per heavy atom. The van der Waals surface area contributed by atoms with Crippen molar-refractivity contribution in [3.8, 4) is 11.5 Å². The van der Waals surface area contributed by atoms with Crippen LogP contribution in [0.2, 0.25) is 0 Å². The Morgan fingerprint density at radius 1 is 0.875 bits per heavy atom. The molecule has 2 aromatic carbocycles. The number of hydrogen-bond acceptors (Lipinski definition) is 2. The van der Waals surface area contributed by atoms with Crippen molar-refractivity contribution in [2.75, 3.05) is 7.05 Å². The number of amides is 1. The molecule has 0 atom stereocenters. The SMILES string of the molecule is CNC(=O)c1ccc(Oc2ccc(C(F)(F)C(F)(F)F)cc2)cc1. The van der Waals surface area contributed by atoms with E-state index in [9.17, 15) is 26.7 Å². The van der Waals surface area contributed by atoms with Gasteiger partial charge in [-0.3, -0.25) is 4.79 Å². The van der Waals surface area contributed by atoms with Crippen molar-refractivity contribution < 1.29 is 31.5 Å². The summed E-state index contributed by atoms with van der Waals surface area (Å²) in [5.41, 5.74) is -0.776. The van der Waals surface area contributed by atoms with E-state index < -0.39 is 17.7 Å². The van der Waals surface area contributed by atoms with Crippen molar-refractivity contribution >= 4 is 5.91 Å². The third kappa shape index (κ3) is 3.64. The lowest BCUT2D eigenvalue weighted by Crippen LogP contribution is -2.33. The van der Waals surface area contributed by atoms with Gasteiger partial charge in [0.25, 0.3) is 5.91 Å². The summed E-state index contributed by atoms with van der Waals surface area (Å²) >= 11 is 0. The van der Waals surface area contributed by atoms with E-state index in [4.69, 9.17) is 4.74 Å². The zero-order chi connectivity index (χ0) is 18.0. The van der Waals surface area contributed by atoms with E-state index in [0.717, 1.165) is 12.1 Å². The van der Waals surface area contributed by atoms with Crippen LogP contribution >= 0.6 is 0 Å². The van der Waals surface area contributed by atoms with Gasteiger partial charge in [0.2, 0.25) is 0 Å². The van der Waals surface area contributed by atoms with Crippen molar-refractivity contribution in [2.24, 2.45) is 0 Å². The first-order chi connectivity index (χ1) is 11.1. The van der Waals surface area contributed by atoms with Gasteiger partial charge in [-0.2, -0.15) is 22.0 Å². The lowest BCUT2D eigenvalue weighted by Gasteiger charge is -2.20. The molecule has 0 aliphatic rings. The molecule has 0 unspecified atom stereocenters. The standard InChI is InChI=1S/C16H12F5NO2/c1-22-14(23)10-2-6-12(7-3-10)24-13-8-4-11(5-9-13)15(17,18)16(19,20)21/h2-9H,1H3,(H,22,23). The average Bonchev–Trinajstić information content (AvgIpc) is 2.54. The van der Waals surface area contributed by atoms with Crippen LogP contribution in [0.3, 0.4) is 0 Å². The molecule has 0 heterocycles. The summed E-state index contributed by atoms with van der Waals surface area (Å²) in [6.45, 7) is 0. The van der Waals surface area contributed by atoms with Crippen LogP contribution < -0.4 is 10.1 Å². The van der Waals surface area contributed by atoms with Gasteiger partial charge in [-0.25, -0.2) is 0 Å². The van der Waals surface area contributed by atoms with E-state index in [2.05, 4.69) is 5.32 Å². The van der Waals surface area contributed by atoms with Crippen LogP contribution in [0.15, 0.2) is 48.5 Å². The molecule has 2 rings (SSSR count). The largest absolute Gasteiger partial charge is 0.458 e. The van der Waals surface area contributed by atoms with Crippen LogP contribution in [0.4, 0.5) is 22.0 Å². The quantitative estimate of drug-likeness (QED) is 0.829. The first-order valence-electron chi connectivity index (χ1n) is 6.70. The summed E-state index contributed by atoms with van der Waals surface area (Å²) < 4.78 is 68.5. The lowest BCUT2D eigenvalue weighted by molar-refractivity contribution is -0.289. The maximum atomic E-state index is 13.2. The molecule has 0 aromatic heterocycles. The summed E-state index contributed by atoms with van der Waals surface area (Å²) in [7, 11) is 1.48. The summed E-state index contributed by atoms with van der Waals surface area (Å²) in [4.78, 5) is 11.4. The summed E-state index contributed by atoms with van der Waals surface area (Å²) in [5, 5.41) is 2.44. The maximum Gasteiger partial charge on any atom is 0.458 e. The number of halogens is 5. The van der Waals surface area contributed by atoms with Gasteiger partial charge >= 0.3 is 12.1 Å². The monoisotopic (exact) mass is 345 g/mol. The molecule has 0 saturated carbocycles.